The van der Waals surface area contributed by atoms with E-state index in [1.54, 1.807) is 19.9 Å². The smallest absolute Gasteiger partial charge is 0.404 e. The molecule has 0 atom stereocenters. The van der Waals surface area contributed by atoms with Crippen LogP contribution in [0, 0.1) is 0 Å². The number of rotatable bonds is 8. The molecule has 0 rings (SSSR count). The maximum absolute atomic E-state index is 12.6. The van der Waals surface area contributed by atoms with Crippen LogP contribution >= 0.6 is 0 Å². The predicted octanol–water partition coefficient (Wildman–Crippen LogP) is 4.71. The molecule has 19 heavy (non-hydrogen) atoms. The van der Waals surface area contributed by atoms with Crippen molar-refractivity contribution in [3.8, 4) is 0 Å². The van der Waals surface area contributed by atoms with E-state index in [0.717, 1.165) is 19.3 Å². The Bertz CT molecular complexity index is 319. The van der Waals surface area contributed by atoms with Gasteiger partial charge in [-0.25, -0.2) is 4.79 Å². The summed E-state index contributed by atoms with van der Waals surface area (Å²) in [5.74, 6) is -0.659. The van der Waals surface area contributed by atoms with Gasteiger partial charge in [-0.3, -0.25) is 0 Å². The molecule has 0 aliphatic carbocycles. The quantitative estimate of drug-likeness (QED) is 0.365. The van der Waals surface area contributed by atoms with E-state index in [0.29, 0.717) is 19.5 Å². The lowest BCUT2D eigenvalue weighted by Crippen LogP contribution is -2.30. The van der Waals surface area contributed by atoms with E-state index in [2.05, 4.69) is 6.92 Å². The van der Waals surface area contributed by atoms with Crippen molar-refractivity contribution in [1.82, 2.24) is 4.90 Å². The summed E-state index contributed by atoms with van der Waals surface area (Å²) >= 11 is 0. The maximum atomic E-state index is 12.6. The summed E-state index contributed by atoms with van der Waals surface area (Å²) in [5.41, 5.74) is 0. The highest BCUT2D eigenvalue weighted by molar-refractivity contribution is 5.69. The minimum atomic E-state index is -1.98. The van der Waals surface area contributed by atoms with Crippen molar-refractivity contribution in [3.05, 3.63) is 24.0 Å². The van der Waals surface area contributed by atoms with E-state index in [9.17, 15) is 13.6 Å². The number of amides is 1. The minimum Gasteiger partial charge on any atom is -0.404 e. The third-order valence-corrected chi connectivity index (χ3v) is 2.65. The summed E-state index contributed by atoms with van der Waals surface area (Å²) in [6.45, 7) is 6.46. The molecule has 0 aromatic carbocycles. The van der Waals surface area contributed by atoms with Gasteiger partial charge in [-0.1, -0.05) is 25.8 Å². The summed E-state index contributed by atoms with van der Waals surface area (Å²) < 4.78 is 30.0. The molecule has 1 amide bonds. The number of hydrogen-bond donors (Lipinski definition) is 0. The predicted molar refractivity (Wildman–Crippen MR) is 71.9 cm³/mol. The maximum Gasteiger partial charge on any atom is 0.415 e. The van der Waals surface area contributed by atoms with Crippen molar-refractivity contribution < 1.29 is 18.3 Å². The molecule has 110 valence electrons. The van der Waals surface area contributed by atoms with E-state index < -0.39 is 17.9 Å². The number of hydrogen-bond acceptors (Lipinski definition) is 2. The van der Waals surface area contributed by atoms with E-state index in [4.69, 9.17) is 4.74 Å². The summed E-state index contributed by atoms with van der Waals surface area (Å²) in [6.07, 6.45) is 3.84. The Kier molecular flexibility index (Phi) is 9.75. The third kappa shape index (κ3) is 7.59. The average molecular weight is 275 g/mol. The molecule has 0 saturated carbocycles. The number of halogens is 2. The first kappa shape index (κ1) is 17.6. The third-order valence-electron chi connectivity index (χ3n) is 2.65. The summed E-state index contributed by atoms with van der Waals surface area (Å²) in [6, 6.07) is 0. The topological polar surface area (TPSA) is 29.5 Å². The van der Waals surface area contributed by atoms with Gasteiger partial charge in [0.2, 0.25) is 0 Å². The fourth-order valence-electron chi connectivity index (χ4n) is 1.48. The van der Waals surface area contributed by atoms with Crippen LogP contribution in [0.3, 0.4) is 0 Å². The van der Waals surface area contributed by atoms with Gasteiger partial charge in [-0.15, -0.1) is 0 Å². The van der Waals surface area contributed by atoms with Crippen molar-refractivity contribution >= 4 is 6.09 Å². The lowest BCUT2D eigenvalue weighted by atomic mass is 10.2. The lowest BCUT2D eigenvalue weighted by Gasteiger charge is -2.17. The highest BCUT2D eigenvalue weighted by Crippen LogP contribution is 2.14. The van der Waals surface area contributed by atoms with Gasteiger partial charge in [0.1, 0.15) is 0 Å². The lowest BCUT2D eigenvalue weighted by molar-refractivity contribution is 0.130. The van der Waals surface area contributed by atoms with E-state index in [-0.39, 0.29) is 0 Å². The molecule has 5 heteroatoms. The Balaban J connectivity index is 4.44. The second kappa shape index (κ2) is 10.5. The highest BCUT2D eigenvalue weighted by Gasteiger charge is 2.15. The molecule has 0 fully saturated rings. The van der Waals surface area contributed by atoms with Gasteiger partial charge in [0, 0.05) is 13.1 Å². The molecule has 0 heterocycles. The number of allylic oxidation sites excluding steroid dienone is 2. The van der Waals surface area contributed by atoms with Crippen LogP contribution in [0.2, 0.25) is 0 Å². The molecule has 3 nitrogen and oxygen atoms in total. The summed E-state index contributed by atoms with van der Waals surface area (Å²) in [7, 11) is 0. The second-order valence-corrected chi connectivity index (χ2v) is 4.06. The van der Waals surface area contributed by atoms with Gasteiger partial charge < -0.3 is 9.64 Å². The number of unbranched alkanes of at least 4 members (excludes halogenated alkanes) is 3. The Labute approximate surface area is 113 Å². The standard InChI is InChI=1S/C14H23F2NO2/c1-4-7-8-9-10-11-12(13(15)16)19-14(18)17(5-2)6-3/h10-11H,4-9H2,1-3H3/b11-10-. The number of nitrogens with zero attached hydrogens (tertiary/aromatic N) is 1. The van der Waals surface area contributed by atoms with Gasteiger partial charge in [0.25, 0.3) is 0 Å². The van der Waals surface area contributed by atoms with E-state index in [1.807, 2.05) is 0 Å². The normalized spacial score (nSPS) is 10.6. The SMILES string of the molecule is CCCCC/C=C\C(OC(=O)N(CC)CC)=C(F)F. The molecule has 0 aromatic rings. The van der Waals surface area contributed by atoms with Crippen LogP contribution in [0.4, 0.5) is 13.6 Å². The van der Waals surface area contributed by atoms with Gasteiger partial charge in [-0.05, 0) is 32.8 Å². The van der Waals surface area contributed by atoms with Crippen LogP contribution in [0.5, 0.6) is 0 Å². The Morgan fingerprint density at radius 2 is 1.79 bits per heavy atom. The van der Waals surface area contributed by atoms with E-state index >= 15 is 0 Å². The first-order valence-electron chi connectivity index (χ1n) is 6.75. The highest BCUT2D eigenvalue weighted by atomic mass is 19.3. The van der Waals surface area contributed by atoms with Crippen molar-refractivity contribution in [2.24, 2.45) is 0 Å². The Hall–Kier alpha value is -1.39. The van der Waals surface area contributed by atoms with Crippen molar-refractivity contribution in [2.45, 2.75) is 46.5 Å². The fraction of sp³-hybridized carbons (Fsp3) is 0.643. The molecule has 0 aromatic heterocycles. The van der Waals surface area contributed by atoms with Crippen LogP contribution in [0.25, 0.3) is 0 Å². The van der Waals surface area contributed by atoms with Crippen LogP contribution in [0.15, 0.2) is 24.0 Å². The zero-order chi connectivity index (χ0) is 14.7. The molecule has 0 spiro atoms. The summed E-state index contributed by atoms with van der Waals surface area (Å²) in [4.78, 5) is 12.9. The van der Waals surface area contributed by atoms with Gasteiger partial charge in [0.05, 0.1) is 0 Å². The van der Waals surface area contributed by atoms with Crippen LogP contribution < -0.4 is 0 Å². The number of carbonyl (C=O) groups excluding carboxylic acids is 1. The van der Waals surface area contributed by atoms with Crippen molar-refractivity contribution in [3.63, 3.8) is 0 Å². The molecule has 0 aliphatic rings. The zero-order valence-electron chi connectivity index (χ0n) is 11.9. The largest absolute Gasteiger partial charge is 0.415 e. The fourth-order valence-corrected chi connectivity index (χ4v) is 1.48. The van der Waals surface area contributed by atoms with Gasteiger partial charge in [-0.2, -0.15) is 8.78 Å². The molecule has 0 bridgehead atoms. The molecule has 0 saturated heterocycles. The molecule has 0 N–H and O–H groups in total. The monoisotopic (exact) mass is 275 g/mol. The molecular weight excluding hydrogens is 252 g/mol. The molecule has 0 radical (unpaired) electrons. The number of ether oxygens (including phenoxy) is 1. The second-order valence-electron chi connectivity index (χ2n) is 4.06. The molecule has 0 unspecified atom stereocenters. The first-order chi connectivity index (χ1) is 9.06. The van der Waals surface area contributed by atoms with Crippen LogP contribution in [-0.2, 0) is 4.74 Å². The molecular formula is C14H23F2NO2. The Morgan fingerprint density at radius 3 is 2.26 bits per heavy atom. The van der Waals surface area contributed by atoms with Gasteiger partial charge >= 0.3 is 12.2 Å². The number of carbonyl (C=O) groups is 1. The van der Waals surface area contributed by atoms with Crippen molar-refractivity contribution in [2.75, 3.05) is 13.1 Å². The summed E-state index contributed by atoms with van der Waals surface area (Å²) in [5, 5.41) is 0. The van der Waals surface area contributed by atoms with Gasteiger partial charge in [0.15, 0.2) is 5.76 Å². The van der Waals surface area contributed by atoms with Crippen LogP contribution in [-0.4, -0.2) is 24.1 Å². The van der Waals surface area contributed by atoms with Crippen LogP contribution in [0.1, 0.15) is 46.5 Å². The van der Waals surface area contributed by atoms with E-state index in [1.165, 1.54) is 11.0 Å². The first-order valence-corrected chi connectivity index (χ1v) is 6.75. The Morgan fingerprint density at radius 1 is 1.16 bits per heavy atom. The molecule has 0 aliphatic heterocycles. The average Bonchev–Trinajstić information content (AvgIpc) is 2.38. The van der Waals surface area contributed by atoms with Crippen molar-refractivity contribution in [1.29, 1.82) is 0 Å². The minimum absolute atomic E-state index is 0.427. The zero-order valence-corrected chi connectivity index (χ0v) is 11.9.